The lowest BCUT2D eigenvalue weighted by Gasteiger charge is -2.40. The van der Waals surface area contributed by atoms with Crippen molar-refractivity contribution in [2.45, 2.75) is 69.9 Å². The third-order valence-corrected chi connectivity index (χ3v) is 4.69. The maximum Gasteiger partial charge on any atom is 0.393 e. The number of hydrogen-bond acceptors (Lipinski definition) is 2. The molecule has 2 nitrogen and oxygen atoms in total. The molecule has 0 unspecified atom stereocenters. The molecule has 1 aliphatic rings. The summed E-state index contributed by atoms with van der Waals surface area (Å²) >= 11 is 0. The van der Waals surface area contributed by atoms with Gasteiger partial charge < -0.3 is 9.64 Å². The van der Waals surface area contributed by atoms with E-state index in [9.17, 15) is 13.2 Å². The van der Waals surface area contributed by atoms with Crippen molar-refractivity contribution in [3.8, 4) is 0 Å². The fourth-order valence-electron chi connectivity index (χ4n) is 3.66. The minimum Gasteiger partial charge on any atom is -0.374 e. The average Bonchev–Trinajstić information content (AvgIpc) is 2.45. The number of alkyl halides is 3. The Morgan fingerprint density at radius 2 is 1.92 bits per heavy atom. The molecule has 1 saturated carbocycles. The van der Waals surface area contributed by atoms with Gasteiger partial charge in [-0.3, -0.25) is 0 Å². The minimum absolute atomic E-state index is 0.184. The summed E-state index contributed by atoms with van der Waals surface area (Å²) in [5, 5.41) is 0. The summed E-state index contributed by atoms with van der Waals surface area (Å²) in [6, 6.07) is 7.29. The predicted octanol–water partition coefficient (Wildman–Crippen LogP) is 4.78. The van der Waals surface area contributed by atoms with Crippen molar-refractivity contribution in [1.82, 2.24) is 4.90 Å². The van der Waals surface area contributed by atoms with Crippen LogP contribution < -0.4 is 0 Å². The molecule has 0 bridgehead atoms. The topological polar surface area (TPSA) is 12.5 Å². The molecule has 1 aromatic carbocycles. The fraction of sp³-hybridized carbons (Fsp3) is 0.684. The molecule has 0 aromatic heterocycles. The van der Waals surface area contributed by atoms with E-state index in [1.54, 1.807) is 18.2 Å². The second kappa shape index (κ2) is 7.87. The lowest BCUT2D eigenvalue weighted by Crippen LogP contribution is -2.45. The summed E-state index contributed by atoms with van der Waals surface area (Å²) in [6.07, 6.45) is -1.83. The van der Waals surface area contributed by atoms with Gasteiger partial charge in [0.15, 0.2) is 0 Å². The Morgan fingerprint density at radius 3 is 2.50 bits per heavy atom. The number of benzene rings is 1. The van der Waals surface area contributed by atoms with Gasteiger partial charge in [0.2, 0.25) is 0 Å². The lowest BCUT2D eigenvalue weighted by molar-refractivity contribution is -0.127. The molecule has 136 valence electrons. The standard InChI is InChI=1S/C19H28F3NO/c1-13(2)24-18-9-8-16(11-17(18)23(3)4)15-7-5-6-14(10-15)12-19(20,21)22/h5-7,10,13,16-18H,8-9,11-12H2,1-4H3/t16-,17-,18-/m0/s1. The molecule has 0 amide bonds. The van der Waals surface area contributed by atoms with Gasteiger partial charge in [0.25, 0.3) is 0 Å². The van der Waals surface area contributed by atoms with E-state index in [2.05, 4.69) is 4.90 Å². The molecule has 0 aliphatic heterocycles. The minimum atomic E-state index is -4.16. The van der Waals surface area contributed by atoms with Crippen LogP contribution in [0.5, 0.6) is 0 Å². The summed E-state index contributed by atoms with van der Waals surface area (Å²) in [5.41, 5.74) is 1.37. The van der Waals surface area contributed by atoms with Crippen LogP contribution in [0.15, 0.2) is 24.3 Å². The maximum absolute atomic E-state index is 12.6. The van der Waals surface area contributed by atoms with E-state index in [1.165, 1.54) is 0 Å². The Balaban J connectivity index is 2.11. The maximum atomic E-state index is 12.6. The molecule has 1 aliphatic carbocycles. The summed E-state index contributed by atoms with van der Waals surface area (Å²) in [5.74, 6) is 0.289. The highest BCUT2D eigenvalue weighted by Gasteiger charge is 2.34. The molecular formula is C19H28F3NO. The van der Waals surface area contributed by atoms with E-state index in [1.807, 2.05) is 34.0 Å². The van der Waals surface area contributed by atoms with Gasteiger partial charge in [0, 0.05) is 6.04 Å². The van der Waals surface area contributed by atoms with E-state index < -0.39 is 12.6 Å². The highest BCUT2D eigenvalue weighted by atomic mass is 19.4. The number of ether oxygens (including phenoxy) is 1. The summed E-state index contributed by atoms with van der Waals surface area (Å²) in [7, 11) is 4.09. The number of nitrogens with zero attached hydrogens (tertiary/aromatic N) is 1. The monoisotopic (exact) mass is 343 g/mol. The largest absolute Gasteiger partial charge is 0.393 e. The molecule has 1 aromatic rings. The Labute approximate surface area is 143 Å². The van der Waals surface area contributed by atoms with Crippen LogP contribution in [0.2, 0.25) is 0 Å². The molecular weight excluding hydrogens is 315 g/mol. The molecule has 5 heteroatoms. The first kappa shape index (κ1) is 19.3. The molecule has 2 rings (SSSR count). The Hall–Kier alpha value is -1.07. The zero-order valence-electron chi connectivity index (χ0n) is 14.9. The quantitative estimate of drug-likeness (QED) is 0.763. The second-order valence-electron chi connectivity index (χ2n) is 7.30. The molecule has 24 heavy (non-hydrogen) atoms. The van der Waals surface area contributed by atoms with Crippen LogP contribution in [-0.4, -0.2) is 43.4 Å². The van der Waals surface area contributed by atoms with Crippen LogP contribution in [0, 0.1) is 0 Å². The van der Waals surface area contributed by atoms with E-state index in [4.69, 9.17) is 4.74 Å². The van der Waals surface area contributed by atoms with Gasteiger partial charge in [-0.1, -0.05) is 24.3 Å². The van der Waals surface area contributed by atoms with E-state index >= 15 is 0 Å². The number of hydrogen-bond donors (Lipinski definition) is 0. The Bertz CT molecular complexity index is 528. The van der Waals surface area contributed by atoms with Gasteiger partial charge in [-0.05, 0) is 64.3 Å². The molecule has 0 heterocycles. The summed E-state index contributed by atoms with van der Waals surface area (Å²) in [4.78, 5) is 2.18. The molecule has 0 saturated heterocycles. The van der Waals surface area contributed by atoms with Crippen molar-refractivity contribution in [3.63, 3.8) is 0 Å². The third-order valence-electron chi connectivity index (χ3n) is 4.69. The SMILES string of the molecule is CC(C)O[C@H]1CC[C@H](c2cccc(CC(F)(F)F)c2)C[C@@H]1N(C)C. The molecule has 0 radical (unpaired) electrons. The highest BCUT2D eigenvalue weighted by molar-refractivity contribution is 5.28. The predicted molar refractivity (Wildman–Crippen MR) is 90.3 cm³/mol. The number of likely N-dealkylation sites (N-methyl/N-ethyl adjacent to an activating group) is 1. The van der Waals surface area contributed by atoms with Crippen molar-refractivity contribution in [3.05, 3.63) is 35.4 Å². The van der Waals surface area contributed by atoms with Crippen LogP contribution in [0.25, 0.3) is 0 Å². The molecule has 0 spiro atoms. The first-order chi connectivity index (χ1) is 11.2. The fourth-order valence-corrected chi connectivity index (χ4v) is 3.66. The third kappa shape index (κ3) is 5.49. The second-order valence-corrected chi connectivity index (χ2v) is 7.30. The zero-order valence-corrected chi connectivity index (χ0v) is 14.9. The molecule has 1 fully saturated rings. The van der Waals surface area contributed by atoms with Crippen LogP contribution in [-0.2, 0) is 11.2 Å². The van der Waals surface area contributed by atoms with Crippen LogP contribution in [0.4, 0.5) is 13.2 Å². The van der Waals surface area contributed by atoms with Crippen LogP contribution >= 0.6 is 0 Å². The number of halogens is 3. The van der Waals surface area contributed by atoms with Gasteiger partial charge in [0.1, 0.15) is 0 Å². The van der Waals surface area contributed by atoms with Gasteiger partial charge in [-0.25, -0.2) is 0 Å². The zero-order chi connectivity index (χ0) is 17.9. The van der Waals surface area contributed by atoms with Crippen molar-refractivity contribution >= 4 is 0 Å². The Kier molecular flexibility index (Phi) is 6.32. The highest BCUT2D eigenvalue weighted by Crippen LogP contribution is 2.37. The van der Waals surface area contributed by atoms with Gasteiger partial charge in [-0.2, -0.15) is 13.2 Å². The number of rotatable bonds is 5. The van der Waals surface area contributed by atoms with Gasteiger partial charge in [0.05, 0.1) is 18.6 Å². The summed E-state index contributed by atoms with van der Waals surface area (Å²) in [6.45, 7) is 4.08. The van der Waals surface area contributed by atoms with Crippen molar-refractivity contribution in [1.29, 1.82) is 0 Å². The van der Waals surface area contributed by atoms with E-state index in [0.29, 0.717) is 5.56 Å². The smallest absolute Gasteiger partial charge is 0.374 e. The van der Waals surface area contributed by atoms with Gasteiger partial charge in [-0.15, -0.1) is 0 Å². The van der Waals surface area contributed by atoms with Crippen LogP contribution in [0.3, 0.4) is 0 Å². The normalized spacial score (nSPS) is 25.5. The first-order valence-corrected chi connectivity index (χ1v) is 8.63. The molecule has 3 atom stereocenters. The Morgan fingerprint density at radius 1 is 1.21 bits per heavy atom. The summed E-state index contributed by atoms with van der Waals surface area (Å²) < 4.78 is 43.9. The molecule has 0 N–H and O–H groups in total. The van der Waals surface area contributed by atoms with Crippen molar-refractivity contribution < 1.29 is 17.9 Å². The van der Waals surface area contributed by atoms with Crippen molar-refractivity contribution in [2.24, 2.45) is 0 Å². The van der Waals surface area contributed by atoms with E-state index in [-0.39, 0.29) is 24.2 Å². The lowest BCUT2D eigenvalue weighted by atomic mass is 9.79. The van der Waals surface area contributed by atoms with Gasteiger partial charge >= 0.3 is 6.18 Å². The average molecular weight is 343 g/mol. The van der Waals surface area contributed by atoms with E-state index in [0.717, 1.165) is 24.8 Å². The van der Waals surface area contributed by atoms with Crippen molar-refractivity contribution in [2.75, 3.05) is 14.1 Å². The van der Waals surface area contributed by atoms with Crippen LogP contribution in [0.1, 0.15) is 50.2 Å². The first-order valence-electron chi connectivity index (χ1n) is 8.63.